The molecule has 1 fully saturated rings. The number of nitrogens with zero attached hydrogens (tertiary/aromatic N) is 2. The Morgan fingerprint density at radius 3 is 2.65 bits per heavy atom. The molecule has 0 unspecified atom stereocenters. The SMILES string of the molecule is CC(C)CN(c1ccc(OCC(=O)O)cc1NC(=O)N1CCc2ccccc21)C1CCCCC1. The first kappa shape index (κ1) is 23.9. The lowest BCUT2D eigenvalue weighted by Gasteiger charge is -2.38. The predicted molar refractivity (Wildman–Crippen MR) is 135 cm³/mol. The zero-order valence-electron chi connectivity index (χ0n) is 20.1. The molecule has 1 aliphatic carbocycles. The fourth-order valence-electron chi connectivity index (χ4n) is 5.06. The third-order valence-electron chi connectivity index (χ3n) is 6.59. The quantitative estimate of drug-likeness (QED) is 0.535. The van der Waals surface area contributed by atoms with Crippen molar-refractivity contribution in [2.75, 3.05) is 34.8 Å². The van der Waals surface area contributed by atoms with Crippen molar-refractivity contribution in [1.29, 1.82) is 0 Å². The maximum atomic E-state index is 13.4. The van der Waals surface area contributed by atoms with Crippen LogP contribution in [0.5, 0.6) is 5.75 Å². The van der Waals surface area contributed by atoms with Crippen molar-refractivity contribution in [3.8, 4) is 5.75 Å². The number of benzene rings is 2. The molecular formula is C27H35N3O4. The van der Waals surface area contributed by atoms with Crippen molar-refractivity contribution in [1.82, 2.24) is 0 Å². The Balaban J connectivity index is 1.65. The first-order valence-corrected chi connectivity index (χ1v) is 12.3. The number of para-hydroxylation sites is 1. The molecule has 0 spiro atoms. The number of carboxylic acid groups (broad SMARTS) is 1. The summed E-state index contributed by atoms with van der Waals surface area (Å²) < 4.78 is 5.45. The van der Waals surface area contributed by atoms with E-state index in [1.807, 2.05) is 24.3 Å². The van der Waals surface area contributed by atoms with Gasteiger partial charge in [-0.15, -0.1) is 0 Å². The molecule has 0 bridgehead atoms. The van der Waals surface area contributed by atoms with Crippen molar-refractivity contribution < 1.29 is 19.4 Å². The van der Waals surface area contributed by atoms with Gasteiger partial charge in [-0.1, -0.05) is 51.3 Å². The fraction of sp³-hybridized carbons (Fsp3) is 0.481. The molecule has 1 aliphatic heterocycles. The molecule has 1 saturated carbocycles. The molecule has 2 aromatic rings. The number of anilines is 3. The van der Waals surface area contributed by atoms with Crippen LogP contribution < -0.4 is 19.9 Å². The molecule has 182 valence electrons. The van der Waals surface area contributed by atoms with Gasteiger partial charge < -0.3 is 20.1 Å². The first-order chi connectivity index (χ1) is 16.4. The van der Waals surface area contributed by atoms with Crippen LogP contribution in [0, 0.1) is 5.92 Å². The van der Waals surface area contributed by atoms with Crippen LogP contribution in [0.2, 0.25) is 0 Å². The van der Waals surface area contributed by atoms with Gasteiger partial charge in [-0.25, -0.2) is 9.59 Å². The standard InChI is InChI=1S/C27H35N3O4/c1-19(2)17-30(21-9-4-3-5-10-21)25-13-12-22(34-18-26(31)32)16-23(25)28-27(33)29-15-14-20-8-6-7-11-24(20)29/h6-8,11-13,16,19,21H,3-5,9-10,14-15,17-18H2,1-2H3,(H,28,33)(H,31,32). The van der Waals surface area contributed by atoms with Gasteiger partial charge >= 0.3 is 12.0 Å². The summed E-state index contributed by atoms with van der Waals surface area (Å²) in [5, 5.41) is 12.2. The Hall–Kier alpha value is -3.22. The van der Waals surface area contributed by atoms with Gasteiger partial charge in [0.15, 0.2) is 6.61 Å². The van der Waals surface area contributed by atoms with Gasteiger partial charge in [0.2, 0.25) is 0 Å². The van der Waals surface area contributed by atoms with Crippen LogP contribution in [-0.4, -0.2) is 42.8 Å². The molecular weight excluding hydrogens is 430 g/mol. The lowest BCUT2D eigenvalue weighted by Crippen LogP contribution is -2.40. The predicted octanol–water partition coefficient (Wildman–Crippen LogP) is 5.54. The second-order valence-electron chi connectivity index (χ2n) is 9.66. The minimum Gasteiger partial charge on any atom is -0.482 e. The molecule has 34 heavy (non-hydrogen) atoms. The molecule has 2 N–H and O–H groups in total. The zero-order chi connectivity index (χ0) is 24.1. The highest BCUT2D eigenvalue weighted by atomic mass is 16.5. The van der Waals surface area contributed by atoms with Crippen molar-refractivity contribution in [3.05, 3.63) is 48.0 Å². The summed E-state index contributed by atoms with van der Waals surface area (Å²) in [4.78, 5) is 28.6. The molecule has 7 heteroatoms. The number of amides is 2. The van der Waals surface area contributed by atoms with Gasteiger partial charge in [-0.2, -0.15) is 0 Å². The molecule has 2 aliphatic rings. The Kier molecular flexibility index (Phi) is 7.60. The molecule has 0 aromatic heterocycles. The van der Waals surface area contributed by atoms with E-state index in [0.717, 1.165) is 37.2 Å². The van der Waals surface area contributed by atoms with Crippen molar-refractivity contribution in [2.45, 2.75) is 58.4 Å². The summed E-state index contributed by atoms with van der Waals surface area (Å²) in [6, 6.07) is 13.7. The van der Waals surface area contributed by atoms with Gasteiger partial charge in [0.25, 0.3) is 0 Å². The number of carbonyl (C=O) groups is 2. The van der Waals surface area contributed by atoms with Crippen LogP contribution in [0.3, 0.4) is 0 Å². The first-order valence-electron chi connectivity index (χ1n) is 12.3. The summed E-state index contributed by atoms with van der Waals surface area (Å²) in [6.07, 6.45) is 6.80. The molecule has 0 atom stereocenters. The third-order valence-corrected chi connectivity index (χ3v) is 6.59. The van der Waals surface area contributed by atoms with Crippen molar-refractivity contribution >= 4 is 29.1 Å². The van der Waals surface area contributed by atoms with Crippen LogP contribution in [0.25, 0.3) is 0 Å². The smallest absolute Gasteiger partial charge is 0.341 e. The summed E-state index contributed by atoms with van der Waals surface area (Å²) >= 11 is 0. The summed E-state index contributed by atoms with van der Waals surface area (Å²) in [6.45, 7) is 5.51. The second-order valence-corrected chi connectivity index (χ2v) is 9.66. The maximum Gasteiger partial charge on any atom is 0.341 e. The van der Waals surface area contributed by atoms with E-state index < -0.39 is 12.6 Å². The van der Waals surface area contributed by atoms with Gasteiger partial charge in [-0.05, 0) is 48.9 Å². The molecule has 0 radical (unpaired) electrons. The van der Waals surface area contributed by atoms with Gasteiger partial charge in [0.05, 0.1) is 11.4 Å². The number of fused-ring (bicyclic) bond motifs is 1. The summed E-state index contributed by atoms with van der Waals surface area (Å²) in [5.41, 5.74) is 3.72. The van der Waals surface area contributed by atoms with Gasteiger partial charge in [0, 0.05) is 30.9 Å². The van der Waals surface area contributed by atoms with Crippen LogP contribution in [-0.2, 0) is 11.2 Å². The van der Waals surface area contributed by atoms with E-state index in [2.05, 4.69) is 30.1 Å². The number of nitrogens with one attached hydrogen (secondary N) is 1. The summed E-state index contributed by atoms with van der Waals surface area (Å²) in [5.74, 6) is -0.151. The maximum absolute atomic E-state index is 13.4. The fourth-order valence-corrected chi connectivity index (χ4v) is 5.06. The normalized spacial score (nSPS) is 15.8. The average Bonchev–Trinajstić information content (AvgIpc) is 3.26. The number of ether oxygens (including phenoxy) is 1. The number of rotatable bonds is 8. The second kappa shape index (κ2) is 10.8. The Morgan fingerprint density at radius 2 is 1.91 bits per heavy atom. The van der Waals surface area contributed by atoms with Crippen LogP contribution in [0.1, 0.15) is 51.5 Å². The Labute approximate surface area is 201 Å². The van der Waals surface area contributed by atoms with E-state index in [0.29, 0.717) is 29.9 Å². The zero-order valence-corrected chi connectivity index (χ0v) is 20.1. The highest BCUT2D eigenvalue weighted by Gasteiger charge is 2.28. The van der Waals surface area contributed by atoms with Crippen LogP contribution >= 0.6 is 0 Å². The minimum atomic E-state index is -1.04. The third kappa shape index (κ3) is 5.64. The molecule has 4 rings (SSSR count). The van der Waals surface area contributed by atoms with E-state index in [4.69, 9.17) is 9.84 Å². The lowest BCUT2D eigenvalue weighted by molar-refractivity contribution is -0.139. The number of aliphatic carboxylic acids is 1. The number of carbonyl (C=O) groups excluding carboxylic acids is 1. The molecule has 7 nitrogen and oxygen atoms in total. The van der Waals surface area contributed by atoms with Gasteiger partial charge in [-0.3, -0.25) is 4.90 Å². The number of urea groups is 1. The van der Waals surface area contributed by atoms with E-state index in [1.54, 1.807) is 17.0 Å². The van der Waals surface area contributed by atoms with E-state index in [9.17, 15) is 9.59 Å². The molecule has 2 amide bonds. The van der Waals surface area contributed by atoms with Crippen molar-refractivity contribution in [2.24, 2.45) is 5.92 Å². The number of carboxylic acids is 1. The lowest BCUT2D eigenvalue weighted by atomic mass is 9.93. The monoisotopic (exact) mass is 465 g/mol. The van der Waals surface area contributed by atoms with Crippen LogP contribution in [0.15, 0.2) is 42.5 Å². The van der Waals surface area contributed by atoms with E-state index in [-0.39, 0.29) is 6.03 Å². The highest BCUT2D eigenvalue weighted by Crippen LogP contribution is 2.37. The minimum absolute atomic E-state index is 0.185. The molecule has 2 aromatic carbocycles. The van der Waals surface area contributed by atoms with E-state index in [1.165, 1.54) is 24.8 Å². The highest BCUT2D eigenvalue weighted by molar-refractivity contribution is 6.05. The van der Waals surface area contributed by atoms with Crippen LogP contribution in [0.4, 0.5) is 21.9 Å². The van der Waals surface area contributed by atoms with E-state index >= 15 is 0 Å². The average molecular weight is 466 g/mol. The number of hydrogen-bond donors (Lipinski definition) is 2. The Bertz CT molecular complexity index is 1020. The Morgan fingerprint density at radius 1 is 1.15 bits per heavy atom. The molecule has 1 heterocycles. The largest absolute Gasteiger partial charge is 0.482 e. The topological polar surface area (TPSA) is 82.1 Å². The summed E-state index contributed by atoms with van der Waals surface area (Å²) in [7, 11) is 0. The van der Waals surface area contributed by atoms with Crippen molar-refractivity contribution in [3.63, 3.8) is 0 Å². The molecule has 0 saturated heterocycles. The van der Waals surface area contributed by atoms with Gasteiger partial charge in [0.1, 0.15) is 5.75 Å². The number of hydrogen-bond acceptors (Lipinski definition) is 4.